The van der Waals surface area contributed by atoms with Crippen LogP contribution in [0.5, 0.6) is 0 Å². The number of hydrogen-bond acceptors (Lipinski definition) is 2. The van der Waals surface area contributed by atoms with Gasteiger partial charge in [-0.15, -0.1) is 0 Å². The van der Waals surface area contributed by atoms with Crippen molar-refractivity contribution in [3.63, 3.8) is 0 Å². The minimum absolute atomic E-state index is 0.329. The van der Waals surface area contributed by atoms with Crippen molar-refractivity contribution in [2.45, 2.75) is 52.0 Å². The highest BCUT2D eigenvalue weighted by molar-refractivity contribution is 4.94. The molecule has 0 unspecified atom stereocenters. The highest BCUT2D eigenvalue weighted by Gasteiger charge is 2.36. The van der Waals surface area contributed by atoms with Crippen LogP contribution >= 0.6 is 0 Å². The van der Waals surface area contributed by atoms with Crippen LogP contribution in [0.3, 0.4) is 0 Å². The molecular formula is C12H26N2. The highest BCUT2D eigenvalue weighted by Crippen LogP contribution is 2.35. The van der Waals surface area contributed by atoms with Crippen molar-refractivity contribution in [1.29, 1.82) is 0 Å². The Kier molecular flexibility index (Phi) is 4.39. The van der Waals surface area contributed by atoms with Crippen LogP contribution in [0, 0.1) is 5.92 Å². The first-order chi connectivity index (χ1) is 6.68. The zero-order valence-corrected chi connectivity index (χ0v) is 10.1. The first-order valence-electron chi connectivity index (χ1n) is 6.13. The van der Waals surface area contributed by atoms with Crippen LogP contribution in [0.4, 0.5) is 0 Å². The average Bonchev–Trinajstić information content (AvgIpc) is 2.23. The molecule has 0 spiro atoms. The number of hydrogen-bond donors (Lipinski definition) is 1. The monoisotopic (exact) mass is 198 g/mol. The Balaban J connectivity index is 2.65. The largest absolute Gasteiger partial charge is 0.329 e. The fraction of sp³-hybridized carbons (Fsp3) is 1.00. The van der Waals surface area contributed by atoms with E-state index in [0.29, 0.717) is 5.54 Å². The van der Waals surface area contributed by atoms with E-state index in [2.05, 4.69) is 25.7 Å². The van der Waals surface area contributed by atoms with Gasteiger partial charge in [-0.05, 0) is 44.7 Å². The summed E-state index contributed by atoms with van der Waals surface area (Å²) in [5, 5.41) is 0. The highest BCUT2D eigenvalue weighted by atomic mass is 15.2. The third-order valence-corrected chi connectivity index (χ3v) is 4.02. The third kappa shape index (κ3) is 2.29. The lowest BCUT2D eigenvalue weighted by molar-refractivity contribution is 0.0538. The lowest BCUT2D eigenvalue weighted by Gasteiger charge is -2.46. The van der Waals surface area contributed by atoms with Gasteiger partial charge in [0.25, 0.3) is 0 Å². The topological polar surface area (TPSA) is 29.3 Å². The molecule has 2 N–H and O–H groups in total. The van der Waals surface area contributed by atoms with Gasteiger partial charge >= 0.3 is 0 Å². The van der Waals surface area contributed by atoms with Crippen LogP contribution in [0.2, 0.25) is 0 Å². The van der Waals surface area contributed by atoms with Gasteiger partial charge in [0.2, 0.25) is 0 Å². The van der Waals surface area contributed by atoms with Crippen LogP contribution in [0.25, 0.3) is 0 Å². The van der Waals surface area contributed by atoms with E-state index >= 15 is 0 Å². The minimum Gasteiger partial charge on any atom is -0.329 e. The summed E-state index contributed by atoms with van der Waals surface area (Å²) in [6.07, 6.45) is 5.31. The molecule has 1 saturated carbocycles. The van der Waals surface area contributed by atoms with Crippen molar-refractivity contribution in [2.24, 2.45) is 11.7 Å². The molecule has 1 aliphatic carbocycles. The van der Waals surface area contributed by atoms with Gasteiger partial charge in [-0.25, -0.2) is 0 Å². The van der Waals surface area contributed by atoms with Gasteiger partial charge in [0.1, 0.15) is 0 Å². The van der Waals surface area contributed by atoms with Crippen LogP contribution in [-0.4, -0.2) is 30.1 Å². The molecule has 0 saturated heterocycles. The van der Waals surface area contributed by atoms with E-state index in [0.717, 1.165) is 25.6 Å². The zero-order valence-electron chi connectivity index (χ0n) is 10.1. The van der Waals surface area contributed by atoms with E-state index in [-0.39, 0.29) is 0 Å². The van der Waals surface area contributed by atoms with E-state index < -0.39 is 0 Å². The third-order valence-electron chi connectivity index (χ3n) is 4.02. The van der Waals surface area contributed by atoms with E-state index in [1.165, 1.54) is 25.7 Å². The second-order valence-electron chi connectivity index (χ2n) is 4.78. The molecule has 0 heterocycles. The average molecular weight is 198 g/mol. The van der Waals surface area contributed by atoms with E-state index in [1.54, 1.807) is 0 Å². The molecule has 14 heavy (non-hydrogen) atoms. The summed E-state index contributed by atoms with van der Waals surface area (Å²) < 4.78 is 0. The fourth-order valence-corrected chi connectivity index (χ4v) is 2.84. The molecule has 0 atom stereocenters. The van der Waals surface area contributed by atoms with E-state index in [1.807, 2.05) is 0 Å². The lowest BCUT2D eigenvalue weighted by Crippen LogP contribution is -2.55. The van der Waals surface area contributed by atoms with Gasteiger partial charge in [0.15, 0.2) is 0 Å². The first kappa shape index (κ1) is 12.0. The maximum atomic E-state index is 5.99. The molecular weight excluding hydrogens is 172 g/mol. The smallest absolute Gasteiger partial charge is 0.0331 e. The predicted molar refractivity (Wildman–Crippen MR) is 62.3 cm³/mol. The second kappa shape index (κ2) is 5.13. The summed E-state index contributed by atoms with van der Waals surface area (Å²) in [7, 11) is 0. The van der Waals surface area contributed by atoms with Gasteiger partial charge in [0, 0.05) is 12.1 Å². The molecule has 2 heteroatoms. The Morgan fingerprint density at radius 3 is 2.07 bits per heavy atom. The van der Waals surface area contributed by atoms with Crippen LogP contribution in [-0.2, 0) is 0 Å². The molecule has 1 aliphatic rings. The summed E-state index contributed by atoms with van der Waals surface area (Å²) in [5.41, 5.74) is 6.32. The molecule has 0 aromatic heterocycles. The second-order valence-corrected chi connectivity index (χ2v) is 4.78. The summed E-state index contributed by atoms with van der Waals surface area (Å²) in [6.45, 7) is 9.98. The van der Waals surface area contributed by atoms with Crippen LogP contribution in [0.1, 0.15) is 46.5 Å². The van der Waals surface area contributed by atoms with E-state index in [4.69, 9.17) is 5.73 Å². The van der Waals surface area contributed by atoms with Crippen molar-refractivity contribution in [2.75, 3.05) is 19.6 Å². The maximum Gasteiger partial charge on any atom is 0.0331 e. The number of likely N-dealkylation sites (N-methyl/N-ethyl adjacent to an activating group) is 1. The number of nitrogens with zero attached hydrogens (tertiary/aromatic N) is 1. The Morgan fingerprint density at radius 2 is 1.71 bits per heavy atom. The van der Waals surface area contributed by atoms with Crippen molar-refractivity contribution in [1.82, 2.24) is 4.90 Å². The normalized spacial score (nSPS) is 33.6. The maximum absolute atomic E-state index is 5.99. The summed E-state index contributed by atoms with van der Waals surface area (Å²) in [5.74, 6) is 0.908. The van der Waals surface area contributed by atoms with E-state index in [9.17, 15) is 0 Å². The molecule has 0 aromatic rings. The van der Waals surface area contributed by atoms with Crippen molar-refractivity contribution in [3.8, 4) is 0 Å². The standard InChI is InChI=1S/C12H26N2/c1-4-14(5-2)12(10-13)8-6-11(3)7-9-12/h11H,4-10,13H2,1-3H3. The molecule has 0 amide bonds. The van der Waals surface area contributed by atoms with Gasteiger partial charge in [0.05, 0.1) is 0 Å². The van der Waals surface area contributed by atoms with Crippen LogP contribution in [0.15, 0.2) is 0 Å². The van der Waals surface area contributed by atoms with Gasteiger partial charge in [-0.2, -0.15) is 0 Å². The Labute approximate surface area is 88.8 Å². The van der Waals surface area contributed by atoms with Crippen molar-refractivity contribution < 1.29 is 0 Å². The SMILES string of the molecule is CCN(CC)C1(CN)CCC(C)CC1. The molecule has 84 valence electrons. The lowest BCUT2D eigenvalue weighted by atomic mass is 9.76. The molecule has 0 radical (unpaired) electrons. The van der Waals surface area contributed by atoms with Gasteiger partial charge < -0.3 is 5.73 Å². The quantitative estimate of drug-likeness (QED) is 0.750. The van der Waals surface area contributed by atoms with Crippen molar-refractivity contribution >= 4 is 0 Å². The van der Waals surface area contributed by atoms with Gasteiger partial charge in [-0.3, -0.25) is 4.90 Å². The predicted octanol–water partition coefficient (Wildman–Crippen LogP) is 2.24. The molecule has 0 bridgehead atoms. The molecule has 1 fully saturated rings. The zero-order chi connectivity index (χ0) is 10.6. The van der Waals surface area contributed by atoms with Crippen LogP contribution < -0.4 is 5.73 Å². The Bertz CT molecular complexity index is 156. The molecule has 2 nitrogen and oxygen atoms in total. The van der Waals surface area contributed by atoms with Gasteiger partial charge in [-0.1, -0.05) is 20.8 Å². The summed E-state index contributed by atoms with van der Waals surface area (Å²) in [6, 6.07) is 0. The molecule has 0 aliphatic heterocycles. The number of rotatable bonds is 4. The Morgan fingerprint density at radius 1 is 1.21 bits per heavy atom. The molecule has 1 rings (SSSR count). The first-order valence-corrected chi connectivity index (χ1v) is 6.13. The fourth-order valence-electron chi connectivity index (χ4n) is 2.84. The summed E-state index contributed by atoms with van der Waals surface area (Å²) >= 11 is 0. The number of nitrogens with two attached hydrogens (primary N) is 1. The Hall–Kier alpha value is -0.0800. The summed E-state index contributed by atoms with van der Waals surface area (Å²) in [4.78, 5) is 2.57. The van der Waals surface area contributed by atoms with Crippen molar-refractivity contribution in [3.05, 3.63) is 0 Å². The minimum atomic E-state index is 0.329. The molecule has 0 aromatic carbocycles.